The third-order valence-corrected chi connectivity index (χ3v) is 3.90. The first-order valence-electron chi connectivity index (χ1n) is 6.94. The number of aromatic nitrogens is 1. The number of aliphatic imine (C=N–C) groups is 1. The van der Waals surface area contributed by atoms with Gasteiger partial charge in [-0.2, -0.15) is 0 Å². The Labute approximate surface area is 158 Å². The van der Waals surface area contributed by atoms with E-state index in [4.69, 9.17) is 12.2 Å². The molecule has 0 spiro atoms. The molecular formula is C16H18N4NaS. The van der Waals surface area contributed by atoms with E-state index in [0.29, 0.717) is 0 Å². The smallest absolute Gasteiger partial charge is 0.106 e. The summed E-state index contributed by atoms with van der Waals surface area (Å²) in [7, 11) is 4.13. The Bertz CT molecular complexity index is 668. The van der Waals surface area contributed by atoms with E-state index < -0.39 is 0 Å². The summed E-state index contributed by atoms with van der Waals surface area (Å²) in [5.41, 5.74) is 4.25. The fourth-order valence-electron chi connectivity index (χ4n) is 2.44. The van der Waals surface area contributed by atoms with Crippen LogP contribution in [0.2, 0.25) is 0 Å². The predicted octanol–water partition coefficient (Wildman–Crippen LogP) is 2.07. The molecule has 0 amide bonds. The number of nitrogens with one attached hydrogen (secondary N) is 1. The van der Waals surface area contributed by atoms with E-state index in [0.717, 1.165) is 40.7 Å². The molecule has 1 aromatic rings. The van der Waals surface area contributed by atoms with Crippen LogP contribution in [0.5, 0.6) is 0 Å². The van der Waals surface area contributed by atoms with E-state index in [1.54, 1.807) is 0 Å². The van der Waals surface area contributed by atoms with Crippen molar-refractivity contribution < 1.29 is 0 Å². The number of hydrogen-bond acceptors (Lipinski definition) is 3. The van der Waals surface area contributed by atoms with Gasteiger partial charge >= 0.3 is 0 Å². The van der Waals surface area contributed by atoms with Crippen molar-refractivity contribution in [1.29, 1.82) is 0 Å². The number of rotatable bonds is 4. The van der Waals surface area contributed by atoms with E-state index in [-0.39, 0.29) is 29.6 Å². The molecule has 22 heavy (non-hydrogen) atoms. The molecule has 6 heteroatoms. The average Bonchev–Trinajstić information content (AvgIpc) is 3.16. The first kappa shape index (κ1) is 17.4. The molecule has 1 N–H and O–H groups in total. The Balaban J connectivity index is 0.00000176. The third-order valence-electron chi connectivity index (χ3n) is 3.54. The van der Waals surface area contributed by atoms with E-state index in [9.17, 15) is 0 Å². The molecule has 0 fully saturated rings. The van der Waals surface area contributed by atoms with Crippen LogP contribution in [0.3, 0.4) is 0 Å². The Morgan fingerprint density at radius 3 is 2.82 bits per heavy atom. The first-order valence-corrected chi connectivity index (χ1v) is 7.34. The van der Waals surface area contributed by atoms with E-state index in [1.165, 1.54) is 0 Å². The normalized spacial score (nSPS) is 20.0. The van der Waals surface area contributed by atoms with Gasteiger partial charge < -0.3 is 14.8 Å². The second kappa shape index (κ2) is 7.53. The number of hydrogen-bond donors (Lipinski definition) is 1. The van der Waals surface area contributed by atoms with Gasteiger partial charge in [-0.1, -0.05) is 12.2 Å². The maximum Gasteiger partial charge on any atom is 0.106 e. The molecule has 0 saturated carbocycles. The topological polar surface area (TPSA) is 34.6 Å². The summed E-state index contributed by atoms with van der Waals surface area (Å²) in [5, 5.41) is 0. The molecule has 3 heterocycles. The molecule has 0 aromatic carbocycles. The quantitative estimate of drug-likeness (QED) is 0.681. The second-order valence-corrected chi connectivity index (χ2v) is 5.72. The minimum atomic E-state index is 0. The Morgan fingerprint density at radius 1 is 1.32 bits per heavy atom. The van der Waals surface area contributed by atoms with Crippen LogP contribution in [0.15, 0.2) is 52.9 Å². The molecule has 109 valence electrons. The van der Waals surface area contributed by atoms with E-state index in [2.05, 4.69) is 46.0 Å². The van der Waals surface area contributed by atoms with Gasteiger partial charge in [-0.05, 0) is 44.5 Å². The molecule has 4 nitrogen and oxygen atoms in total. The number of H-pyrrole nitrogens is 1. The fraction of sp³-hybridized carbons (Fsp3) is 0.250. The number of aromatic amines is 1. The van der Waals surface area contributed by atoms with Gasteiger partial charge in [-0.15, -0.1) is 0 Å². The van der Waals surface area contributed by atoms with Crippen molar-refractivity contribution >= 4 is 58.6 Å². The van der Waals surface area contributed by atoms with Gasteiger partial charge in [0.15, 0.2) is 0 Å². The molecule has 2 aliphatic heterocycles. The minimum Gasteiger partial charge on any atom is -0.361 e. The molecule has 1 radical (unpaired) electrons. The van der Waals surface area contributed by atoms with Crippen LogP contribution in [0, 0.1) is 0 Å². The van der Waals surface area contributed by atoms with Gasteiger partial charge in [-0.25, -0.2) is 0 Å². The first-order chi connectivity index (χ1) is 10.2. The summed E-state index contributed by atoms with van der Waals surface area (Å²) in [6.07, 6.45) is 9.85. The van der Waals surface area contributed by atoms with E-state index in [1.807, 2.05) is 30.6 Å². The van der Waals surface area contributed by atoms with Gasteiger partial charge in [0.2, 0.25) is 0 Å². The molecular weight excluding hydrogens is 303 g/mol. The van der Waals surface area contributed by atoms with Crippen molar-refractivity contribution in [3.63, 3.8) is 0 Å². The maximum atomic E-state index is 5.45. The van der Waals surface area contributed by atoms with Crippen molar-refractivity contribution in [1.82, 2.24) is 14.8 Å². The number of allylic oxidation sites excluding steroid dienone is 3. The fourth-order valence-corrected chi connectivity index (χ4v) is 2.70. The van der Waals surface area contributed by atoms with Gasteiger partial charge in [0.1, 0.15) is 4.99 Å². The van der Waals surface area contributed by atoms with E-state index >= 15 is 0 Å². The maximum absolute atomic E-state index is 5.45. The zero-order chi connectivity index (χ0) is 14.8. The zero-order valence-electron chi connectivity index (χ0n) is 13.2. The molecule has 0 unspecified atom stereocenters. The third kappa shape index (κ3) is 3.50. The Hall–Kier alpha value is -0.980. The van der Waals surface area contributed by atoms with Gasteiger partial charge in [0.25, 0.3) is 0 Å². The molecule has 1 aromatic heterocycles. The van der Waals surface area contributed by atoms with Crippen LogP contribution in [-0.2, 0) is 0 Å². The van der Waals surface area contributed by atoms with Crippen LogP contribution in [0.4, 0.5) is 0 Å². The summed E-state index contributed by atoms with van der Waals surface area (Å²) in [5.74, 6) is 0. The summed E-state index contributed by atoms with van der Waals surface area (Å²) in [4.78, 5) is 13.0. The van der Waals surface area contributed by atoms with Crippen LogP contribution in [-0.4, -0.2) is 82.7 Å². The SMILES string of the molecule is CN(C)CCN1C(=S)C=CC1=C1N=CC=C1c1ccc[nH]1.[Na]. The molecule has 0 saturated heterocycles. The number of thiocarbonyl (C=S) groups is 1. The van der Waals surface area contributed by atoms with Crippen molar-refractivity contribution in [2.45, 2.75) is 0 Å². The number of likely N-dealkylation sites (N-methyl/N-ethyl adjacent to an activating group) is 1. The number of nitrogens with zero attached hydrogens (tertiary/aromatic N) is 3. The largest absolute Gasteiger partial charge is 0.361 e. The molecule has 3 rings (SSSR count). The second-order valence-electron chi connectivity index (χ2n) is 5.30. The Kier molecular flexibility index (Phi) is 5.94. The van der Waals surface area contributed by atoms with Gasteiger partial charge in [-0.3, -0.25) is 4.99 Å². The summed E-state index contributed by atoms with van der Waals surface area (Å²) in [6.45, 7) is 1.81. The van der Waals surface area contributed by atoms with Crippen LogP contribution in [0.25, 0.3) is 5.57 Å². The minimum absolute atomic E-state index is 0. The standard InChI is InChI=1S/C16H18N4S.Na/c1-19(2)10-11-20-14(5-6-15(20)21)16-12(7-9-18-16)13-4-3-8-17-13;/h3-9,17H,10-11H2,1-2H3;. The van der Waals surface area contributed by atoms with Crippen molar-refractivity contribution in [2.75, 3.05) is 27.2 Å². The summed E-state index contributed by atoms with van der Waals surface area (Å²) < 4.78 is 0. The summed E-state index contributed by atoms with van der Waals surface area (Å²) in [6, 6.07) is 4.05. The Morgan fingerprint density at radius 2 is 2.14 bits per heavy atom. The molecule has 0 atom stereocenters. The molecule has 0 bridgehead atoms. The predicted molar refractivity (Wildman–Crippen MR) is 97.0 cm³/mol. The summed E-state index contributed by atoms with van der Waals surface area (Å²) >= 11 is 5.45. The van der Waals surface area contributed by atoms with Gasteiger partial charge in [0, 0.05) is 66.3 Å². The van der Waals surface area contributed by atoms with Crippen LogP contribution >= 0.6 is 12.2 Å². The van der Waals surface area contributed by atoms with Crippen molar-refractivity contribution in [3.05, 3.63) is 53.6 Å². The van der Waals surface area contributed by atoms with Crippen LogP contribution in [0.1, 0.15) is 5.69 Å². The van der Waals surface area contributed by atoms with Crippen molar-refractivity contribution in [2.24, 2.45) is 4.99 Å². The van der Waals surface area contributed by atoms with Crippen molar-refractivity contribution in [3.8, 4) is 0 Å². The van der Waals surface area contributed by atoms with Gasteiger partial charge in [0.05, 0.1) is 11.4 Å². The zero-order valence-corrected chi connectivity index (χ0v) is 16.0. The average molecular weight is 321 g/mol. The molecule has 0 aliphatic carbocycles. The molecule has 2 aliphatic rings. The van der Waals surface area contributed by atoms with Crippen LogP contribution < -0.4 is 0 Å². The monoisotopic (exact) mass is 321 g/mol.